The Bertz CT molecular complexity index is 1210. The van der Waals surface area contributed by atoms with Crippen LogP contribution in [0, 0.1) is 0 Å². The molecule has 0 amide bonds. The molecule has 0 spiro atoms. The van der Waals surface area contributed by atoms with E-state index in [-0.39, 0.29) is 10.7 Å². The topological polar surface area (TPSA) is 63.0 Å². The van der Waals surface area contributed by atoms with Crippen LogP contribution < -0.4 is 4.90 Å². The van der Waals surface area contributed by atoms with Crippen LogP contribution in [0.1, 0.15) is 35.7 Å². The van der Waals surface area contributed by atoms with E-state index in [1.54, 1.807) is 17.4 Å². The molecule has 1 fully saturated rings. The molecule has 1 saturated heterocycles. The number of tetrazole rings is 1. The summed E-state index contributed by atoms with van der Waals surface area (Å²) in [5, 5.41) is 15.1. The third-order valence-corrected chi connectivity index (χ3v) is 7.89. The van der Waals surface area contributed by atoms with Gasteiger partial charge >= 0.3 is 6.18 Å². The van der Waals surface area contributed by atoms with E-state index in [0.29, 0.717) is 30.3 Å². The van der Waals surface area contributed by atoms with Crippen molar-refractivity contribution < 1.29 is 13.2 Å². The van der Waals surface area contributed by atoms with Gasteiger partial charge in [-0.3, -0.25) is 4.90 Å². The van der Waals surface area contributed by atoms with Gasteiger partial charge in [0.2, 0.25) is 0 Å². The summed E-state index contributed by atoms with van der Waals surface area (Å²) in [5.74, 6) is 0.842. The molecule has 0 saturated carbocycles. The first-order valence-corrected chi connectivity index (χ1v) is 12.4. The standard InChI is InChI=1S/C21H22F3N7S2/c1-2-17(19-26-27-28-31(19)13-14-5-4-12-32-14)29-8-10-30(11-9-29)20-25-16-7-3-6-15(18(16)33-20)21(22,23)24/h3-7,12,17H,2,8-11,13H2,1H3. The molecule has 1 aliphatic rings. The van der Waals surface area contributed by atoms with Crippen LogP contribution in [0.5, 0.6) is 0 Å². The second-order valence-corrected chi connectivity index (χ2v) is 9.88. The van der Waals surface area contributed by atoms with Gasteiger partial charge < -0.3 is 4.90 Å². The molecular weight excluding hydrogens is 471 g/mol. The van der Waals surface area contributed by atoms with Gasteiger partial charge in [0.25, 0.3) is 0 Å². The zero-order valence-electron chi connectivity index (χ0n) is 17.9. The van der Waals surface area contributed by atoms with Crippen molar-refractivity contribution in [1.82, 2.24) is 30.1 Å². The fraction of sp³-hybridized carbons (Fsp3) is 0.429. The number of nitrogens with zero attached hydrogens (tertiary/aromatic N) is 7. The van der Waals surface area contributed by atoms with Gasteiger partial charge in [-0.2, -0.15) is 13.2 Å². The SMILES string of the molecule is CCC(c1nnnn1Cc1cccs1)N1CCN(c2nc3cccc(C(F)(F)F)c3s2)CC1. The van der Waals surface area contributed by atoms with Crippen molar-refractivity contribution in [1.29, 1.82) is 0 Å². The van der Waals surface area contributed by atoms with E-state index in [0.717, 1.165) is 42.7 Å². The summed E-state index contributed by atoms with van der Waals surface area (Å²) in [6.07, 6.45) is -3.52. The molecule has 0 bridgehead atoms. The molecule has 0 radical (unpaired) electrons. The molecular formula is C21H22F3N7S2. The van der Waals surface area contributed by atoms with Crippen LogP contribution >= 0.6 is 22.7 Å². The van der Waals surface area contributed by atoms with Gasteiger partial charge in [0.1, 0.15) is 0 Å². The number of piperazine rings is 1. The van der Waals surface area contributed by atoms with E-state index in [4.69, 9.17) is 0 Å². The fourth-order valence-electron chi connectivity index (χ4n) is 4.24. The van der Waals surface area contributed by atoms with Crippen molar-refractivity contribution in [2.75, 3.05) is 31.1 Å². The number of aromatic nitrogens is 5. The second kappa shape index (κ2) is 8.99. The Balaban J connectivity index is 1.31. The van der Waals surface area contributed by atoms with E-state index in [2.05, 4.69) is 43.3 Å². The number of benzene rings is 1. The minimum absolute atomic E-state index is 0.0781. The van der Waals surface area contributed by atoms with Gasteiger partial charge in [-0.1, -0.05) is 30.4 Å². The zero-order valence-corrected chi connectivity index (χ0v) is 19.5. The fourth-order valence-corrected chi connectivity index (χ4v) is 6.07. The van der Waals surface area contributed by atoms with Gasteiger partial charge in [0, 0.05) is 31.1 Å². The van der Waals surface area contributed by atoms with Crippen molar-refractivity contribution in [2.45, 2.75) is 32.1 Å². The van der Waals surface area contributed by atoms with Gasteiger partial charge in [0.15, 0.2) is 11.0 Å². The Hall–Kier alpha value is -2.57. The summed E-state index contributed by atoms with van der Waals surface area (Å²) in [6.45, 7) is 5.64. The highest BCUT2D eigenvalue weighted by Crippen LogP contribution is 2.40. The van der Waals surface area contributed by atoms with Gasteiger partial charge in [-0.15, -0.1) is 16.4 Å². The lowest BCUT2D eigenvalue weighted by Gasteiger charge is -2.38. The monoisotopic (exact) mass is 493 g/mol. The number of thiazole rings is 1. The molecule has 1 aliphatic heterocycles. The molecule has 3 aromatic heterocycles. The first-order valence-electron chi connectivity index (χ1n) is 10.7. The van der Waals surface area contributed by atoms with Gasteiger partial charge in [-0.05, 0) is 40.4 Å². The second-order valence-electron chi connectivity index (χ2n) is 7.87. The number of hydrogen-bond donors (Lipinski definition) is 0. The molecule has 7 nitrogen and oxygen atoms in total. The van der Waals surface area contributed by atoms with Crippen LogP contribution in [0.3, 0.4) is 0 Å². The lowest BCUT2D eigenvalue weighted by molar-refractivity contribution is -0.136. The molecule has 1 atom stereocenters. The number of rotatable bonds is 6. The molecule has 12 heteroatoms. The largest absolute Gasteiger partial charge is 0.417 e. The zero-order chi connectivity index (χ0) is 23.0. The molecule has 0 aliphatic carbocycles. The van der Waals surface area contributed by atoms with E-state index in [1.807, 2.05) is 16.1 Å². The number of alkyl halides is 3. The highest BCUT2D eigenvalue weighted by molar-refractivity contribution is 7.22. The summed E-state index contributed by atoms with van der Waals surface area (Å²) in [7, 11) is 0. The molecule has 174 valence electrons. The van der Waals surface area contributed by atoms with Gasteiger partial charge in [-0.25, -0.2) is 9.67 Å². The maximum Gasteiger partial charge on any atom is 0.417 e. The first-order chi connectivity index (χ1) is 15.9. The summed E-state index contributed by atoms with van der Waals surface area (Å²) < 4.78 is 42.2. The molecule has 33 heavy (non-hydrogen) atoms. The van der Waals surface area contributed by atoms with Crippen molar-refractivity contribution >= 4 is 38.0 Å². The Morgan fingerprint density at radius 3 is 2.61 bits per heavy atom. The Morgan fingerprint density at radius 1 is 1.09 bits per heavy atom. The van der Waals surface area contributed by atoms with Crippen LogP contribution in [0.4, 0.5) is 18.3 Å². The van der Waals surface area contributed by atoms with Crippen LogP contribution in [0.25, 0.3) is 10.2 Å². The summed E-state index contributed by atoms with van der Waals surface area (Å²) >= 11 is 2.79. The highest BCUT2D eigenvalue weighted by Gasteiger charge is 2.34. The minimum atomic E-state index is -4.39. The van der Waals surface area contributed by atoms with E-state index in [1.165, 1.54) is 10.9 Å². The molecule has 4 heterocycles. The number of thiophene rings is 1. The van der Waals surface area contributed by atoms with Crippen molar-refractivity contribution in [2.24, 2.45) is 0 Å². The van der Waals surface area contributed by atoms with Crippen LogP contribution in [-0.4, -0.2) is 56.3 Å². The molecule has 5 rings (SSSR count). The molecule has 1 aromatic carbocycles. The summed E-state index contributed by atoms with van der Waals surface area (Å²) in [6, 6.07) is 8.33. The predicted octanol–water partition coefficient (Wildman–Crippen LogP) is 4.68. The van der Waals surface area contributed by atoms with Crippen molar-refractivity contribution in [3.63, 3.8) is 0 Å². The Kier molecular flexibility index (Phi) is 6.06. The maximum atomic E-state index is 13.4. The summed E-state index contributed by atoms with van der Waals surface area (Å²) in [4.78, 5) is 10.1. The number of anilines is 1. The molecule has 4 aromatic rings. The van der Waals surface area contributed by atoms with Crippen molar-refractivity contribution in [3.8, 4) is 0 Å². The van der Waals surface area contributed by atoms with E-state index >= 15 is 0 Å². The third-order valence-electron chi connectivity index (χ3n) is 5.86. The number of fused-ring (bicyclic) bond motifs is 1. The normalized spacial score (nSPS) is 16.5. The van der Waals surface area contributed by atoms with E-state index < -0.39 is 11.7 Å². The van der Waals surface area contributed by atoms with Gasteiger partial charge in [0.05, 0.1) is 28.4 Å². The molecule has 0 N–H and O–H groups in total. The maximum absolute atomic E-state index is 13.4. The highest BCUT2D eigenvalue weighted by atomic mass is 32.1. The third kappa shape index (κ3) is 4.46. The lowest BCUT2D eigenvalue weighted by Crippen LogP contribution is -2.48. The van der Waals surface area contributed by atoms with Crippen LogP contribution in [0.15, 0.2) is 35.7 Å². The minimum Gasteiger partial charge on any atom is -0.345 e. The molecule has 1 unspecified atom stereocenters. The summed E-state index contributed by atoms with van der Waals surface area (Å²) in [5.41, 5.74) is -0.225. The Labute approximate surface area is 196 Å². The number of hydrogen-bond acceptors (Lipinski definition) is 8. The first kappa shape index (κ1) is 22.2. The van der Waals surface area contributed by atoms with Crippen LogP contribution in [-0.2, 0) is 12.7 Å². The van der Waals surface area contributed by atoms with E-state index in [9.17, 15) is 13.2 Å². The quantitative estimate of drug-likeness (QED) is 0.389. The predicted molar refractivity (Wildman–Crippen MR) is 123 cm³/mol. The number of halogens is 3. The lowest BCUT2D eigenvalue weighted by atomic mass is 10.1. The average Bonchev–Trinajstić information content (AvgIpc) is 3.55. The van der Waals surface area contributed by atoms with Crippen LogP contribution in [0.2, 0.25) is 0 Å². The smallest absolute Gasteiger partial charge is 0.345 e. The van der Waals surface area contributed by atoms with Crippen molar-refractivity contribution in [3.05, 3.63) is 52.0 Å². The Morgan fingerprint density at radius 2 is 1.91 bits per heavy atom. The average molecular weight is 494 g/mol.